The molecule has 0 spiro atoms. The molecule has 0 fully saturated rings. The number of carbonyl (C=O) groups excluding carboxylic acids is 2. The molecule has 30 heavy (non-hydrogen) atoms. The summed E-state index contributed by atoms with van der Waals surface area (Å²) in [6.07, 6.45) is 3.14. The summed E-state index contributed by atoms with van der Waals surface area (Å²) in [5.74, 6) is 0.290. The number of hydrogen-bond donors (Lipinski definition) is 3. The second-order valence-electron chi connectivity index (χ2n) is 6.38. The number of aromatic amines is 1. The Balaban J connectivity index is 1.55. The SMILES string of the molecule is CC(Sc1nc(-c2ccco2)c(-c2ccco2)[nH]1)C(=O)Nc1ccccc1C(N)=O. The summed E-state index contributed by atoms with van der Waals surface area (Å²) < 4.78 is 11.0. The van der Waals surface area contributed by atoms with Crippen molar-refractivity contribution in [1.29, 1.82) is 0 Å². The van der Waals surface area contributed by atoms with Crippen LogP contribution in [0.1, 0.15) is 17.3 Å². The molecule has 9 heteroatoms. The van der Waals surface area contributed by atoms with Crippen molar-refractivity contribution < 1.29 is 18.4 Å². The van der Waals surface area contributed by atoms with E-state index in [1.165, 1.54) is 11.8 Å². The van der Waals surface area contributed by atoms with E-state index in [1.54, 1.807) is 61.9 Å². The highest BCUT2D eigenvalue weighted by atomic mass is 32.2. The number of hydrogen-bond acceptors (Lipinski definition) is 6. The lowest BCUT2D eigenvalue weighted by atomic mass is 10.1. The summed E-state index contributed by atoms with van der Waals surface area (Å²) in [6, 6.07) is 13.8. The van der Waals surface area contributed by atoms with E-state index in [0.29, 0.717) is 33.8 Å². The number of amides is 2. The van der Waals surface area contributed by atoms with Crippen LogP contribution < -0.4 is 11.1 Å². The lowest BCUT2D eigenvalue weighted by Gasteiger charge is -2.12. The van der Waals surface area contributed by atoms with Crippen molar-refractivity contribution in [2.75, 3.05) is 5.32 Å². The Hall–Kier alpha value is -3.72. The monoisotopic (exact) mass is 422 g/mol. The van der Waals surface area contributed by atoms with Crippen LogP contribution in [0, 0.1) is 0 Å². The zero-order valence-corrected chi connectivity index (χ0v) is 16.7. The normalized spacial score (nSPS) is 11.9. The average molecular weight is 422 g/mol. The Morgan fingerprint density at radius 3 is 2.43 bits per heavy atom. The molecular formula is C21H18N4O4S. The van der Waals surface area contributed by atoms with E-state index < -0.39 is 11.2 Å². The summed E-state index contributed by atoms with van der Waals surface area (Å²) in [4.78, 5) is 32.0. The zero-order valence-electron chi connectivity index (χ0n) is 15.9. The van der Waals surface area contributed by atoms with Gasteiger partial charge >= 0.3 is 0 Å². The number of H-pyrrole nitrogens is 1. The van der Waals surface area contributed by atoms with Gasteiger partial charge in [0.25, 0.3) is 5.91 Å². The van der Waals surface area contributed by atoms with Crippen molar-refractivity contribution in [2.24, 2.45) is 5.73 Å². The average Bonchev–Trinajstić information content (AvgIpc) is 3.48. The van der Waals surface area contributed by atoms with E-state index in [1.807, 2.05) is 6.07 Å². The van der Waals surface area contributed by atoms with Crippen molar-refractivity contribution in [1.82, 2.24) is 9.97 Å². The predicted octanol–water partition coefficient (Wildman–Crippen LogP) is 4.15. The predicted molar refractivity (Wildman–Crippen MR) is 113 cm³/mol. The van der Waals surface area contributed by atoms with Crippen LogP contribution in [0.3, 0.4) is 0 Å². The molecule has 3 heterocycles. The molecule has 152 valence electrons. The van der Waals surface area contributed by atoms with Gasteiger partial charge in [0.05, 0.1) is 29.0 Å². The first-order chi connectivity index (χ1) is 14.5. The van der Waals surface area contributed by atoms with Gasteiger partial charge in [-0.25, -0.2) is 4.98 Å². The first-order valence-electron chi connectivity index (χ1n) is 9.07. The molecule has 0 aliphatic heterocycles. The quantitative estimate of drug-likeness (QED) is 0.384. The molecule has 4 rings (SSSR count). The molecule has 0 bridgehead atoms. The Bertz CT molecular complexity index is 1110. The summed E-state index contributed by atoms with van der Waals surface area (Å²) in [6.45, 7) is 1.74. The fourth-order valence-electron chi connectivity index (χ4n) is 2.86. The number of para-hydroxylation sites is 1. The Kier molecular flexibility index (Phi) is 5.44. The molecule has 0 saturated heterocycles. The minimum Gasteiger partial charge on any atom is -0.463 e. The molecule has 2 amide bonds. The summed E-state index contributed by atoms with van der Waals surface area (Å²) in [5.41, 5.74) is 7.24. The van der Waals surface area contributed by atoms with Crippen LogP contribution in [0.2, 0.25) is 0 Å². The lowest BCUT2D eigenvalue weighted by molar-refractivity contribution is -0.115. The molecule has 0 saturated carbocycles. The molecule has 0 aliphatic rings. The van der Waals surface area contributed by atoms with Crippen LogP contribution in [-0.4, -0.2) is 27.0 Å². The lowest BCUT2D eigenvalue weighted by Crippen LogP contribution is -2.24. The molecule has 1 unspecified atom stereocenters. The van der Waals surface area contributed by atoms with Crippen molar-refractivity contribution in [3.8, 4) is 22.9 Å². The number of aromatic nitrogens is 2. The van der Waals surface area contributed by atoms with Crippen LogP contribution in [0.5, 0.6) is 0 Å². The Labute approximate surface area is 175 Å². The second-order valence-corrected chi connectivity index (χ2v) is 7.71. The number of rotatable bonds is 7. The smallest absolute Gasteiger partial charge is 0.250 e. The molecule has 3 aromatic heterocycles. The highest BCUT2D eigenvalue weighted by molar-refractivity contribution is 8.00. The van der Waals surface area contributed by atoms with Crippen molar-refractivity contribution in [3.05, 3.63) is 66.6 Å². The molecule has 4 N–H and O–H groups in total. The van der Waals surface area contributed by atoms with Crippen molar-refractivity contribution >= 4 is 29.3 Å². The number of carbonyl (C=O) groups is 2. The van der Waals surface area contributed by atoms with E-state index in [0.717, 1.165) is 0 Å². The van der Waals surface area contributed by atoms with E-state index in [4.69, 9.17) is 14.6 Å². The van der Waals surface area contributed by atoms with Gasteiger partial charge in [-0.2, -0.15) is 0 Å². The summed E-state index contributed by atoms with van der Waals surface area (Å²) >= 11 is 1.24. The molecule has 1 atom stereocenters. The number of furan rings is 2. The van der Waals surface area contributed by atoms with Gasteiger partial charge in [-0.3, -0.25) is 9.59 Å². The fraction of sp³-hybridized carbons (Fsp3) is 0.0952. The first kappa shape index (κ1) is 19.6. The molecule has 1 aromatic carbocycles. The van der Waals surface area contributed by atoms with E-state index >= 15 is 0 Å². The summed E-state index contributed by atoms with van der Waals surface area (Å²) in [5, 5.41) is 2.77. The van der Waals surface area contributed by atoms with Gasteiger partial charge in [-0.1, -0.05) is 23.9 Å². The number of imidazole rings is 1. The maximum atomic E-state index is 12.7. The summed E-state index contributed by atoms with van der Waals surface area (Å²) in [7, 11) is 0. The van der Waals surface area contributed by atoms with Crippen LogP contribution in [0.25, 0.3) is 22.9 Å². The fourth-order valence-corrected chi connectivity index (χ4v) is 3.67. The number of nitrogens with two attached hydrogens (primary N) is 1. The molecule has 8 nitrogen and oxygen atoms in total. The Morgan fingerprint density at radius 1 is 1.07 bits per heavy atom. The highest BCUT2D eigenvalue weighted by Crippen LogP contribution is 2.34. The molecular weight excluding hydrogens is 404 g/mol. The van der Waals surface area contributed by atoms with Crippen molar-refractivity contribution in [2.45, 2.75) is 17.3 Å². The van der Waals surface area contributed by atoms with Crippen LogP contribution in [0.4, 0.5) is 5.69 Å². The minimum absolute atomic E-state index is 0.251. The number of anilines is 1. The molecule has 0 radical (unpaired) electrons. The topological polar surface area (TPSA) is 127 Å². The number of primary amides is 1. The largest absolute Gasteiger partial charge is 0.463 e. The van der Waals surface area contributed by atoms with Gasteiger partial charge < -0.3 is 24.9 Å². The van der Waals surface area contributed by atoms with Crippen molar-refractivity contribution in [3.63, 3.8) is 0 Å². The number of benzene rings is 1. The molecule has 0 aliphatic carbocycles. The van der Waals surface area contributed by atoms with Crippen LogP contribution >= 0.6 is 11.8 Å². The standard InChI is InChI=1S/C21H18N4O4S/c1-12(20(27)23-14-7-3-2-6-13(14)19(22)26)30-21-24-17(15-8-4-10-28-15)18(25-21)16-9-5-11-29-16/h2-12H,1H3,(H2,22,26)(H,23,27)(H,24,25). The van der Waals surface area contributed by atoms with Gasteiger partial charge in [0.1, 0.15) is 11.4 Å². The van der Waals surface area contributed by atoms with Gasteiger partial charge in [0.15, 0.2) is 16.7 Å². The third-order valence-electron chi connectivity index (χ3n) is 4.31. The number of nitrogens with zero attached hydrogens (tertiary/aromatic N) is 1. The van der Waals surface area contributed by atoms with Crippen LogP contribution in [0.15, 0.2) is 75.0 Å². The van der Waals surface area contributed by atoms with Gasteiger partial charge in [0.2, 0.25) is 5.91 Å². The third-order valence-corrected chi connectivity index (χ3v) is 5.30. The van der Waals surface area contributed by atoms with Crippen LogP contribution in [-0.2, 0) is 4.79 Å². The molecule has 4 aromatic rings. The maximum Gasteiger partial charge on any atom is 0.250 e. The minimum atomic E-state index is -0.608. The van der Waals surface area contributed by atoms with E-state index in [-0.39, 0.29) is 11.5 Å². The van der Waals surface area contributed by atoms with Gasteiger partial charge in [-0.15, -0.1) is 0 Å². The highest BCUT2D eigenvalue weighted by Gasteiger charge is 2.22. The van der Waals surface area contributed by atoms with Gasteiger partial charge in [-0.05, 0) is 43.3 Å². The van der Waals surface area contributed by atoms with Gasteiger partial charge in [0, 0.05) is 0 Å². The second kappa shape index (κ2) is 8.34. The number of nitrogens with one attached hydrogen (secondary N) is 2. The first-order valence-corrected chi connectivity index (χ1v) is 9.95. The Morgan fingerprint density at radius 2 is 1.77 bits per heavy atom. The van der Waals surface area contributed by atoms with E-state index in [9.17, 15) is 9.59 Å². The van der Waals surface area contributed by atoms with E-state index in [2.05, 4.69) is 15.3 Å². The third kappa shape index (κ3) is 4.01. The number of thioether (sulfide) groups is 1. The maximum absolute atomic E-state index is 12.7. The zero-order chi connectivity index (χ0) is 21.1.